The van der Waals surface area contributed by atoms with Crippen molar-refractivity contribution >= 4 is 33.4 Å². The van der Waals surface area contributed by atoms with Gasteiger partial charge in [0.05, 0.1) is 22.7 Å². The third-order valence-corrected chi connectivity index (χ3v) is 4.76. The Morgan fingerprint density at radius 3 is 2.81 bits per heavy atom. The third kappa shape index (κ3) is 4.29. The van der Waals surface area contributed by atoms with Crippen LogP contribution in [0.4, 0.5) is 13.2 Å². The van der Waals surface area contributed by atoms with Crippen LogP contribution in [0, 0.1) is 0 Å². The molecule has 2 heterocycles. The molecule has 1 unspecified atom stereocenters. The fourth-order valence-corrected chi connectivity index (χ4v) is 3.22. The van der Waals surface area contributed by atoms with E-state index in [1.165, 1.54) is 0 Å². The van der Waals surface area contributed by atoms with Crippen LogP contribution in [0.15, 0.2) is 41.0 Å². The van der Waals surface area contributed by atoms with Crippen LogP contribution in [-0.4, -0.2) is 35.0 Å². The molecule has 1 aromatic carbocycles. The number of carbonyl (C=O) groups is 1. The van der Waals surface area contributed by atoms with Gasteiger partial charge in [0.2, 0.25) is 5.88 Å². The van der Waals surface area contributed by atoms with Gasteiger partial charge in [0.1, 0.15) is 6.10 Å². The first kappa shape index (κ1) is 19.0. The minimum atomic E-state index is -4.46. The highest BCUT2D eigenvalue weighted by Gasteiger charge is 2.32. The maximum Gasteiger partial charge on any atom is 0.416 e. The van der Waals surface area contributed by atoms with Gasteiger partial charge < -0.3 is 9.64 Å². The van der Waals surface area contributed by atoms with Gasteiger partial charge in [-0.3, -0.25) is 4.79 Å². The zero-order valence-electron chi connectivity index (χ0n) is 13.3. The maximum absolute atomic E-state index is 12.8. The predicted molar refractivity (Wildman–Crippen MR) is 93.3 cm³/mol. The smallest absolute Gasteiger partial charge is 0.416 e. The van der Waals surface area contributed by atoms with Gasteiger partial charge in [-0.2, -0.15) is 13.2 Å². The topological polar surface area (TPSA) is 42.4 Å². The molecular weight excluding hydrogens is 437 g/mol. The van der Waals surface area contributed by atoms with Crippen molar-refractivity contribution in [2.75, 3.05) is 13.1 Å². The summed E-state index contributed by atoms with van der Waals surface area (Å²) in [6.07, 6.45) is -3.34. The predicted octanol–water partition coefficient (Wildman–Crippen LogP) is 4.81. The third-order valence-electron chi connectivity index (χ3n) is 3.94. The summed E-state index contributed by atoms with van der Waals surface area (Å²) in [5.41, 5.74) is -0.465. The molecule has 1 atom stereocenters. The van der Waals surface area contributed by atoms with Crippen LogP contribution in [0.5, 0.6) is 5.88 Å². The molecule has 1 fully saturated rings. The van der Waals surface area contributed by atoms with Crippen molar-refractivity contribution in [3.8, 4) is 5.88 Å². The summed E-state index contributed by atoms with van der Waals surface area (Å²) in [4.78, 5) is 18.0. The van der Waals surface area contributed by atoms with Crippen LogP contribution >= 0.6 is 27.5 Å². The highest BCUT2D eigenvalue weighted by atomic mass is 79.9. The summed E-state index contributed by atoms with van der Waals surface area (Å²) in [5, 5.41) is 0.335. The summed E-state index contributed by atoms with van der Waals surface area (Å²) >= 11 is 9.38. The highest BCUT2D eigenvalue weighted by Crippen LogP contribution is 2.31. The second-order valence-electron chi connectivity index (χ2n) is 5.78. The van der Waals surface area contributed by atoms with Gasteiger partial charge in [-0.25, -0.2) is 4.98 Å². The van der Waals surface area contributed by atoms with E-state index in [-0.39, 0.29) is 18.3 Å². The van der Waals surface area contributed by atoms with Crippen LogP contribution < -0.4 is 4.74 Å². The zero-order valence-corrected chi connectivity index (χ0v) is 15.6. The Hall–Kier alpha value is -1.80. The van der Waals surface area contributed by atoms with Crippen LogP contribution in [0.1, 0.15) is 22.3 Å². The van der Waals surface area contributed by atoms with Gasteiger partial charge in [-0.15, -0.1) is 0 Å². The molecule has 1 aliphatic rings. The van der Waals surface area contributed by atoms with E-state index in [1.54, 1.807) is 23.1 Å². The Labute approximate surface area is 161 Å². The Morgan fingerprint density at radius 1 is 1.31 bits per heavy atom. The standard InChI is InChI=1S/C17H13BrClF3N2O2/c18-11-1-2-14(19)13(8-11)16(25)24-6-4-12(9-24)26-15-7-10(3-5-23-15)17(20,21)22/h1-3,5,7-8,12H,4,6,9H2. The van der Waals surface area contributed by atoms with E-state index in [2.05, 4.69) is 20.9 Å². The number of benzene rings is 1. The normalized spacial score (nSPS) is 17.4. The lowest BCUT2D eigenvalue weighted by Crippen LogP contribution is -2.31. The first-order valence-corrected chi connectivity index (χ1v) is 8.85. The van der Waals surface area contributed by atoms with E-state index >= 15 is 0 Å². The average Bonchev–Trinajstić information content (AvgIpc) is 3.04. The number of pyridine rings is 1. The summed E-state index contributed by atoms with van der Waals surface area (Å²) in [6.45, 7) is 0.672. The number of amides is 1. The number of hydrogen-bond donors (Lipinski definition) is 0. The number of aromatic nitrogens is 1. The van der Waals surface area contributed by atoms with Gasteiger partial charge >= 0.3 is 6.18 Å². The van der Waals surface area contributed by atoms with Crippen molar-refractivity contribution < 1.29 is 22.7 Å². The summed E-state index contributed by atoms with van der Waals surface area (Å²) in [7, 11) is 0. The van der Waals surface area contributed by atoms with Crippen molar-refractivity contribution in [3.63, 3.8) is 0 Å². The molecule has 2 aromatic rings. The van der Waals surface area contributed by atoms with Crippen molar-refractivity contribution in [3.05, 3.63) is 57.2 Å². The van der Waals surface area contributed by atoms with Crippen LogP contribution in [0.25, 0.3) is 0 Å². The molecule has 26 heavy (non-hydrogen) atoms. The quantitative estimate of drug-likeness (QED) is 0.675. The molecule has 1 aliphatic heterocycles. The molecule has 0 spiro atoms. The molecule has 0 radical (unpaired) electrons. The minimum Gasteiger partial charge on any atom is -0.472 e. The summed E-state index contributed by atoms with van der Waals surface area (Å²) in [6, 6.07) is 6.72. The molecule has 0 N–H and O–H groups in total. The Balaban J connectivity index is 1.67. The highest BCUT2D eigenvalue weighted by molar-refractivity contribution is 9.10. The maximum atomic E-state index is 12.8. The molecule has 0 aliphatic carbocycles. The van der Waals surface area contributed by atoms with Gasteiger partial charge in [0, 0.05) is 29.7 Å². The fraction of sp³-hybridized carbons (Fsp3) is 0.294. The van der Waals surface area contributed by atoms with Crippen molar-refractivity contribution in [1.29, 1.82) is 0 Å². The van der Waals surface area contributed by atoms with Crippen LogP contribution in [0.3, 0.4) is 0 Å². The first-order chi connectivity index (χ1) is 12.2. The molecule has 0 saturated carbocycles. The van der Waals surface area contributed by atoms with E-state index in [0.717, 1.165) is 22.8 Å². The van der Waals surface area contributed by atoms with Crippen molar-refractivity contribution in [2.24, 2.45) is 0 Å². The number of hydrogen-bond acceptors (Lipinski definition) is 3. The number of rotatable bonds is 3. The number of carbonyl (C=O) groups excluding carboxylic acids is 1. The van der Waals surface area contributed by atoms with Gasteiger partial charge in [-0.05, 0) is 24.3 Å². The fourth-order valence-electron chi connectivity index (χ4n) is 2.66. The number of halogens is 5. The van der Waals surface area contributed by atoms with Crippen molar-refractivity contribution in [2.45, 2.75) is 18.7 Å². The zero-order chi connectivity index (χ0) is 18.9. The van der Waals surface area contributed by atoms with Gasteiger partial charge in [0.25, 0.3) is 5.91 Å². The average molecular weight is 450 g/mol. The Kier molecular flexibility index (Phi) is 5.43. The largest absolute Gasteiger partial charge is 0.472 e. The molecule has 9 heteroatoms. The summed E-state index contributed by atoms with van der Waals surface area (Å²) in [5.74, 6) is -0.362. The number of likely N-dealkylation sites (tertiary alicyclic amines) is 1. The monoisotopic (exact) mass is 448 g/mol. The number of alkyl halides is 3. The van der Waals surface area contributed by atoms with Crippen molar-refractivity contribution in [1.82, 2.24) is 9.88 Å². The molecule has 0 bridgehead atoms. The van der Waals surface area contributed by atoms with Crippen LogP contribution in [0.2, 0.25) is 5.02 Å². The van der Waals surface area contributed by atoms with E-state index < -0.39 is 17.8 Å². The SMILES string of the molecule is O=C(c1cc(Br)ccc1Cl)N1CCC(Oc2cc(C(F)(F)F)ccn2)C1. The Morgan fingerprint density at radius 2 is 2.08 bits per heavy atom. The second kappa shape index (κ2) is 7.44. The van der Waals surface area contributed by atoms with Gasteiger partial charge in [-0.1, -0.05) is 27.5 Å². The van der Waals surface area contributed by atoms with E-state index in [4.69, 9.17) is 16.3 Å². The van der Waals surface area contributed by atoms with Gasteiger partial charge in [0.15, 0.2) is 0 Å². The lowest BCUT2D eigenvalue weighted by Gasteiger charge is -2.18. The van der Waals surface area contributed by atoms with E-state index in [0.29, 0.717) is 23.6 Å². The van der Waals surface area contributed by atoms with E-state index in [9.17, 15) is 18.0 Å². The molecular formula is C17H13BrClF3N2O2. The molecule has 4 nitrogen and oxygen atoms in total. The lowest BCUT2D eigenvalue weighted by atomic mass is 10.2. The second-order valence-corrected chi connectivity index (χ2v) is 7.11. The molecule has 1 saturated heterocycles. The molecule has 1 aromatic heterocycles. The molecule has 138 valence electrons. The first-order valence-electron chi connectivity index (χ1n) is 7.68. The molecule has 1 amide bonds. The number of nitrogens with zero attached hydrogens (tertiary/aromatic N) is 2. The van der Waals surface area contributed by atoms with Crippen LogP contribution in [-0.2, 0) is 6.18 Å². The lowest BCUT2D eigenvalue weighted by molar-refractivity contribution is -0.137. The van der Waals surface area contributed by atoms with E-state index in [1.807, 2.05) is 0 Å². The summed E-state index contributed by atoms with van der Waals surface area (Å²) < 4.78 is 44.5. The molecule has 3 rings (SSSR count). The Bertz CT molecular complexity index is 832. The number of ether oxygens (including phenoxy) is 1. The minimum absolute atomic E-state index is 0.111.